The number of aryl methyl sites for hydroxylation is 1. The summed E-state index contributed by atoms with van der Waals surface area (Å²) in [6.45, 7) is 4.56. The van der Waals surface area contributed by atoms with Gasteiger partial charge in [-0.05, 0) is 36.8 Å². The molecule has 2 aromatic carbocycles. The van der Waals surface area contributed by atoms with E-state index >= 15 is 0 Å². The highest BCUT2D eigenvalue weighted by Gasteiger charge is 2.22. The van der Waals surface area contributed by atoms with Crippen LogP contribution in [-0.4, -0.2) is 46.9 Å². The van der Waals surface area contributed by atoms with Gasteiger partial charge in [0.2, 0.25) is 0 Å². The zero-order valence-corrected chi connectivity index (χ0v) is 20.4. The minimum absolute atomic E-state index is 0. The third kappa shape index (κ3) is 6.00. The molecule has 2 heterocycles. The van der Waals surface area contributed by atoms with E-state index in [4.69, 9.17) is 4.74 Å². The summed E-state index contributed by atoms with van der Waals surface area (Å²) in [6, 6.07) is 20.4. The summed E-state index contributed by atoms with van der Waals surface area (Å²) in [6.07, 6.45) is 4.23. The van der Waals surface area contributed by atoms with E-state index in [0.29, 0.717) is 6.54 Å². The van der Waals surface area contributed by atoms with Gasteiger partial charge in [0.05, 0.1) is 11.4 Å². The molecule has 4 rings (SSSR count). The van der Waals surface area contributed by atoms with Crippen molar-refractivity contribution >= 4 is 29.9 Å². The molecule has 0 bridgehead atoms. The van der Waals surface area contributed by atoms with Crippen molar-refractivity contribution in [3.05, 3.63) is 78.1 Å². The van der Waals surface area contributed by atoms with Gasteiger partial charge in [0.25, 0.3) is 0 Å². The highest BCUT2D eigenvalue weighted by molar-refractivity contribution is 14.0. The number of aliphatic imine (C=N–C) groups is 1. The monoisotopic (exact) mass is 531 g/mol. The summed E-state index contributed by atoms with van der Waals surface area (Å²) in [5.41, 5.74) is 3.28. The number of likely N-dealkylation sites (tertiary alicyclic amines) is 1. The van der Waals surface area contributed by atoms with Crippen LogP contribution in [0.5, 0.6) is 5.75 Å². The Morgan fingerprint density at radius 2 is 1.77 bits per heavy atom. The predicted octanol–water partition coefficient (Wildman–Crippen LogP) is 4.42. The van der Waals surface area contributed by atoms with Crippen molar-refractivity contribution < 1.29 is 4.74 Å². The molecule has 1 aromatic heterocycles. The van der Waals surface area contributed by atoms with E-state index in [0.717, 1.165) is 49.0 Å². The van der Waals surface area contributed by atoms with Crippen molar-refractivity contribution in [2.45, 2.75) is 32.4 Å². The van der Waals surface area contributed by atoms with E-state index in [1.807, 2.05) is 67.3 Å². The van der Waals surface area contributed by atoms with Crippen molar-refractivity contribution in [3.63, 3.8) is 0 Å². The van der Waals surface area contributed by atoms with Gasteiger partial charge in [0.1, 0.15) is 11.9 Å². The van der Waals surface area contributed by atoms with Gasteiger partial charge in [-0.1, -0.05) is 36.4 Å². The van der Waals surface area contributed by atoms with Crippen LogP contribution in [0.4, 0.5) is 0 Å². The second-order valence-electron chi connectivity index (χ2n) is 7.55. The molecular formula is C24H30IN5O. The average Bonchev–Trinajstić information content (AvgIpc) is 3.22. The molecule has 1 aliphatic heterocycles. The molecule has 31 heavy (non-hydrogen) atoms. The van der Waals surface area contributed by atoms with E-state index in [1.165, 1.54) is 5.56 Å². The van der Waals surface area contributed by atoms with E-state index in [2.05, 4.69) is 38.5 Å². The van der Waals surface area contributed by atoms with Crippen molar-refractivity contribution in [1.82, 2.24) is 20.0 Å². The summed E-state index contributed by atoms with van der Waals surface area (Å²) in [7, 11) is 1.84. The van der Waals surface area contributed by atoms with Gasteiger partial charge in [-0.3, -0.25) is 4.99 Å². The normalized spacial score (nSPS) is 14.8. The van der Waals surface area contributed by atoms with Crippen LogP contribution in [0, 0.1) is 6.92 Å². The van der Waals surface area contributed by atoms with E-state index in [-0.39, 0.29) is 30.1 Å². The first kappa shape index (κ1) is 23.1. The van der Waals surface area contributed by atoms with Gasteiger partial charge < -0.3 is 15.0 Å². The predicted molar refractivity (Wildman–Crippen MR) is 136 cm³/mol. The number of hydrogen-bond acceptors (Lipinski definition) is 3. The fraction of sp³-hybridized carbons (Fsp3) is 0.333. The first-order valence-electron chi connectivity index (χ1n) is 10.5. The van der Waals surface area contributed by atoms with Crippen molar-refractivity contribution in [2.24, 2.45) is 4.99 Å². The molecule has 1 aliphatic rings. The first-order valence-corrected chi connectivity index (χ1v) is 10.5. The second kappa shape index (κ2) is 11.2. The van der Waals surface area contributed by atoms with Crippen LogP contribution >= 0.6 is 24.0 Å². The number of piperidine rings is 1. The van der Waals surface area contributed by atoms with Gasteiger partial charge in [-0.15, -0.1) is 24.0 Å². The molecule has 0 radical (unpaired) electrons. The standard InChI is InChI=1S/C24H29N5O.HI/c1-19-12-17-29(27-19)23-11-7-6-8-20(23)18-26-24(25-2)28-15-13-22(14-16-28)30-21-9-4-3-5-10-21;/h3-12,17,22H,13-16,18H2,1-2H3,(H,25,26);1H. The van der Waals surface area contributed by atoms with Crippen molar-refractivity contribution in [1.29, 1.82) is 0 Å². The van der Waals surface area contributed by atoms with Crippen molar-refractivity contribution in [2.75, 3.05) is 20.1 Å². The number of ether oxygens (including phenoxy) is 1. The van der Waals surface area contributed by atoms with E-state index in [1.54, 1.807) is 0 Å². The maximum absolute atomic E-state index is 6.12. The molecule has 7 heteroatoms. The molecule has 1 saturated heterocycles. The number of nitrogens with zero attached hydrogens (tertiary/aromatic N) is 4. The van der Waals surface area contributed by atoms with Gasteiger partial charge in [-0.25, -0.2) is 4.68 Å². The van der Waals surface area contributed by atoms with Gasteiger partial charge in [-0.2, -0.15) is 5.10 Å². The quantitative estimate of drug-likeness (QED) is 0.301. The van der Waals surface area contributed by atoms with Crippen LogP contribution in [0.3, 0.4) is 0 Å². The lowest BCUT2D eigenvalue weighted by Gasteiger charge is -2.34. The molecule has 0 aliphatic carbocycles. The number of benzene rings is 2. The second-order valence-corrected chi connectivity index (χ2v) is 7.55. The molecule has 0 amide bonds. The third-order valence-corrected chi connectivity index (χ3v) is 5.40. The third-order valence-electron chi connectivity index (χ3n) is 5.40. The van der Waals surface area contributed by atoms with E-state index in [9.17, 15) is 0 Å². The van der Waals surface area contributed by atoms with E-state index < -0.39 is 0 Å². The maximum Gasteiger partial charge on any atom is 0.193 e. The summed E-state index contributed by atoms with van der Waals surface area (Å²) in [4.78, 5) is 6.82. The molecule has 6 nitrogen and oxygen atoms in total. The van der Waals surface area contributed by atoms with Crippen LogP contribution < -0.4 is 10.1 Å². The van der Waals surface area contributed by atoms with Gasteiger partial charge in [0, 0.05) is 45.7 Å². The Balaban J connectivity index is 0.00000272. The SMILES string of the molecule is CN=C(NCc1ccccc1-n1ccc(C)n1)N1CCC(Oc2ccccc2)CC1.I. The van der Waals surface area contributed by atoms with Crippen LogP contribution in [0.25, 0.3) is 5.69 Å². The minimum Gasteiger partial charge on any atom is -0.490 e. The summed E-state index contributed by atoms with van der Waals surface area (Å²) in [5.74, 6) is 1.88. The first-order chi connectivity index (χ1) is 14.7. The minimum atomic E-state index is 0. The summed E-state index contributed by atoms with van der Waals surface area (Å²) >= 11 is 0. The zero-order chi connectivity index (χ0) is 20.8. The average molecular weight is 531 g/mol. The Labute approximate surface area is 201 Å². The lowest BCUT2D eigenvalue weighted by Crippen LogP contribution is -2.47. The fourth-order valence-corrected chi connectivity index (χ4v) is 3.82. The number of para-hydroxylation sites is 2. The van der Waals surface area contributed by atoms with Gasteiger partial charge >= 0.3 is 0 Å². The number of guanidine groups is 1. The largest absolute Gasteiger partial charge is 0.490 e. The Bertz CT molecular complexity index is 980. The van der Waals surface area contributed by atoms with Crippen LogP contribution in [0.15, 0.2) is 71.9 Å². The number of hydrogen-bond donors (Lipinski definition) is 1. The molecule has 0 atom stereocenters. The van der Waals surface area contributed by atoms with Crippen molar-refractivity contribution in [3.8, 4) is 11.4 Å². The van der Waals surface area contributed by atoms with Crippen LogP contribution in [-0.2, 0) is 6.54 Å². The maximum atomic E-state index is 6.12. The zero-order valence-electron chi connectivity index (χ0n) is 18.1. The molecule has 164 valence electrons. The smallest absolute Gasteiger partial charge is 0.193 e. The number of nitrogens with one attached hydrogen (secondary N) is 1. The molecule has 1 fully saturated rings. The topological polar surface area (TPSA) is 54.7 Å². The Kier molecular flexibility index (Phi) is 8.34. The van der Waals surface area contributed by atoms with Gasteiger partial charge in [0.15, 0.2) is 5.96 Å². The van der Waals surface area contributed by atoms with Crippen LogP contribution in [0.2, 0.25) is 0 Å². The van der Waals surface area contributed by atoms with Crippen LogP contribution in [0.1, 0.15) is 24.1 Å². The Morgan fingerprint density at radius 1 is 1.06 bits per heavy atom. The molecule has 0 unspecified atom stereocenters. The molecule has 0 spiro atoms. The fourth-order valence-electron chi connectivity index (χ4n) is 3.82. The lowest BCUT2D eigenvalue weighted by atomic mass is 10.1. The Morgan fingerprint density at radius 3 is 2.45 bits per heavy atom. The summed E-state index contributed by atoms with van der Waals surface area (Å²) < 4.78 is 8.05. The Hall–Kier alpha value is -2.55. The highest BCUT2D eigenvalue weighted by atomic mass is 127. The highest BCUT2D eigenvalue weighted by Crippen LogP contribution is 2.19. The summed E-state index contributed by atoms with van der Waals surface area (Å²) in [5, 5.41) is 8.09. The number of aromatic nitrogens is 2. The number of rotatable bonds is 5. The molecular weight excluding hydrogens is 501 g/mol. The lowest BCUT2D eigenvalue weighted by molar-refractivity contribution is 0.129. The molecule has 3 aromatic rings. The number of halogens is 1. The molecule has 0 saturated carbocycles. The molecule has 1 N–H and O–H groups in total.